The number of nitrogens with one attached hydrogen (secondary N) is 1. The molecular formula is C12H6ClF3N4. The van der Waals surface area contributed by atoms with Crippen molar-refractivity contribution in [3.8, 4) is 6.07 Å². The molecule has 4 nitrogen and oxygen atoms in total. The Hall–Kier alpha value is -2.33. The quantitative estimate of drug-likeness (QED) is 0.917. The molecule has 0 saturated carbocycles. The van der Waals surface area contributed by atoms with E-state index in [2.05, 4.69) is 15.3 Å². The molecule has 0 radical (unpaired) electrons. The van der Waals surface area contributed by atoms with Gasteiger partial charge in [-0.05, 0) is 18.2 Å². The van der Waals surface area contributed by atoms with Gasteiger partial charge in [0.1, 0.15) is 6.07 Å². The number of rotatable bonds is 2. The molecule has 102 valence electrons. The molecule has 0 fully saturated rings. The largest absolute Gasteiger partial charge is 0.416 e. The van der Waals surface area contributed by atoms with Crippen molar-refractivity contribution in [3.05, 3.63) is 46.9 Å². The zero-order chi connectivity index (χ0) is 14.8. The van der Waals surface area contributed by atoms with E-state index in [4.69, 9.17) is 16.9 Å². The van der Waals surface area contributed by atoms with Gasteiger partial charge >= 0.3 is 6.18 Å². The van der Waals surface area contributed by atoms with Crippen LogP contribution in [-0.4, -0.2) is 9.97 Å². The van der Waals surface area contributed by atoms with Gasteiger partial charge in [-0.25, -0.2) is 9.97 Å². The van der Waals surface area contributed by atoms with Crippen molar-refractivity contribution in [1.29, 1.82) is 5.26 Å². The summed E-state index contributed by atoms with van der Waals surface area (Å²) in [4.78, 5) is 7.58. The molecule has 20 heavy (non-hydrogen) atoms. The lowest BCUT2D eigenvalue weighted by atomic mass is 10.2. The molecule has 2 aromatic rings. The third-order valence-corrected chi connectivity index (χ3v) is 2.68. The molecule has 1 aromatic carbocycles. The first-order valence-corrected chi connectivity index (χ1v) is 5.64. The molecule has 0 unspecified atom stereocenters. The Labute approximate surface area is 116 Å². The van der Waals surface area contributed by atoms with Crippen molar-refractivity contribution in [2.24, 2.45) is 0 Å². The molecule has 1 N–H and O–H groups in total. The number of halogens is 4. The molecule has 0 saturated heterocycles. The number of nitrogens with zero attached hydrogens (tertiary/aromatic N) is 3. The van der Waals surface area contributed by atoms with Crippen LogP contribution < -0.4 is 5.32 Å². The average molecular weight is 299 g/mol. The summed E-state index contributed by atoms with van der Waals surface area (Å²) >= 11 is 5.83. The monoisotopic (exact) mass is 298 g/mol. The Balaban J connectivity index is 2.41. The SMILES string of the molecule is N#Cc1nccnc1Nc1cc(C(F)(F)F)ccc1Cl. The number of anilines is 2. The lowest BCUT2D eigenvalue weighted by Crippen LogP contribution is -2.06. The van der Waals surface area contributed by atoms with Gasteiger partial charge in [0.25, 0.3) is 0 Å². The average Bonchev–Trinajstić information content (AvgIpc) is 2.40. The van der Waals surface area contributed by atoms with Crippen LogP contribution in [0.3, 0.4) is 0 Å². The highest BCUT2D eigenvalue weighted by Gasteiger charge is 2.31. The van der Waals surface area contributed by atoms with E-state index < -0.39 is 11.7 Å². The Bertz CT molecular complexity index is 679. The maximum Gasteiger partial charge on any atom is 0.416 e. The molecular weight excluding hydrogens is 293 g/mol. The molecule has 0 atom stereocenters. The van der Waals surface area contributed by atoms with Gasteiger partial charge in [-0.15, -0.1) is 0 Å². The number of alkyl halides is 3. The van der Waals surface area contributed by atoms with Crippen molar-refractivity contribution in [2.75, 3.05) is 5.32 Å². The van der Waals surface area contributed by atoms with E-state index in [1.54, 1.807) is 6.07 Å². The molecule has 1 heterocycles. The van der Waals surface area contributed by atoms with E-state index in [1.807, 2.05) is 0 Å². The van der Waals surface area contributed by atoms with Gasteiger partial charge in [-0.3, -0.25) is 0 Å². The fraction of sp³-hybridized carbons (Fsp3) is 0.0833. The number of benzene rings is 1. The van der Waals surface area contributed by atoms with Crippen LogP contribution in [0.5, 0.6) is 0 Å². The van der Waals surface area contributed by atoms with Crippen molar-refractivity contribution in [2.45, 2.75) is 6.18 Å². The van der Waals surface area contributed by atoms with Crippen LogP contribution in [0, 0.1) is 11.3 Å². The first-order valence-electron chi connectivity index (χ1n) is 5.26. The van der Waals surface area contributed by atoms with Gasteiger partial charge in [-0.1, -0.05) is 11.6 Å². The van der Waals surface area contributed by atoms with Crippen molar-refractivity contribution in [3.63, 3.8) is 0 Å². The Morgan fingerprint density at radius 2 is 1.90 bits per heavy atom. The first-order chi connectivity index (χ1) is 9.41. The molecule has 1 aromatic heterocycles. The van der Waals surface area contributed by atoms with Crippen LogP contribution in [0.1, 0.15) is 11.3 Å². The topological polar surface area (TPSA) is 61.6 Å². The molecule has 0 amide bonds. The zero-order valence-electron chi connectivity index (χ0n) is 9.74. The predicted octanol–water partition coefficient (Wildman–Crippen LogP) is 3.76. The first kappa shape index (κ1) is 14.1. The second kappa shape index (κ2) is 5.35. The fourth-order valence-electron chi connectivity index (χ4n) is 1.44. The van der Waals surface area contributed by atoms with Crippen molar-refractivity contribution < 1.29 is 13.2 Å². The summed E-state index contributed by atoms with van der Waals surface area (Å²) in [6.07, 6.45) is -1.87. The van der Waals surface area contributed by atoms with Crippen LogP contribution >= 0.6 is 11.6 Å². The molecule has 2 rings (SSSR count). The fourth-order valence-corrected chi connectivity index (χ4v) is 1.60. The maximum absolute atomic E-state index is 12.6. The van der Waals surface area contributed by atoms with E-state index in [1.165, 1.54) is 12.4 Å². The van der Waals surface area contributed by atoms with Gasteiger partial charge in [0.05, 0.1) is 16.3 Å². The molecule has 0 aliphatic heterocycles. The summed E-state index contributed by atoms with van der Waals surface area (Å²) in [6.45, 7) is 0. The van der Waals surface area contributed by atoms with E-state index in [0.717, 1.165) is 18.2 Å². The molecule has 0 bridgehead atoms. The summed E-state index contributed by atoms with van der Waals surface area (Å²) in [5, 5.41) is 11.5. The highest BCUT2D eigenvalue weighted by atomic mass is 35.5. The maximum atomic E-state index is 12.6. The Morgan fingerprint density at radius 1 is 1.20 bits per heavy atom. The van der Waals surface area contributed by atoms with Crippen LogP contribution in [0.15, 0.2) is 30.6 Å². The molecule has 0 aliphatic carbocycles. The van der Waals surface area contributed by atoms with E-state index in [-0.39, 0.29) is 22.2 Å². The summed E-state index contributed by atoms with van der Waals surface area (Å²) in [7, 11) is 0. The van der Waals surface area contributed by atoms with Crippen LogP contribution in [0.25, 0.3) is 0 Å². The lowest BCUT2D eigenvalue weighted by Gasteiger charge is -2.12. The third-order valence-electron chi connectivity index (χ3n) is 2.35. The highest BCUT2D eigenvalue weighted by molar-refractivity contribution is 6.33. The Kier molecular flexibility index (Phi) is 3.77. The highest BCUT2D eigenvalue weighted by Crippen LogP contribution is 2.34. The summed E-state index contributed by atoms with van der Waals surface area (Å²) < 4.78 is 37.9. The van der Waals surface area contributed by atoms with Crippen LogP contribution in [-0.2, 0) is 6.18 Å². The molecule has 0 spiro atoms. The second-order valence-electron chi connectivity index (χ2n) is 3.68. The van der Waals surface area contributed by atoms with Gasteiger partial charge < -0.3 is 5.32 Å². The van der Waals surface area contributed by atoms with Gasteiger partial charge in [0.15, 0.2) is 11.5 Å². The summed E-state index contributed by atoms with van der Waals surface area (Å²) in [5.41, 5.74) is -0.897. The van der Waals surface area contributed by atoms with E-state index >= 15 is 0 Å². The second-order valence-corrected chi connectivity index (χ2v) is 4.09. The lowest BCUT2D eigenvalue weighted by molar-refractivity contribution is -0.137. The standard InChI is InChI=1S/C12H6ClF3N4/c13-8-2-1-7(12(14,15)16)5-9(8)20-11-10(6-17)18-3-4-19-11/h1-5H,(H,19,20). The predicted molar refractivity (Wildman–Crippen MR) is 66.5 cm³/mol. The number of hydrogen-bond acceptors (Lipinski definition) is 4. The van der Waals surface area contributed by atoms with Gasteiger partial charge in [-0.2, -0.15) is 18.4 Å². The number of nitriles is 1. The minimum absolute atomic E-state index is 0.00140. The normalized spacial score (nSPS) is 10.9. The van der Waals surface area contributed by atoms with Crippen molar-refractivity contribution in [1.82, 2.24) is 9.97 Å². The van der Waals surface area contributed by atoms with E-state index in [9.17, 15) is 13.2 Å². The van der Waals surface area contributed by atoms with Gasteiger partial charge in [0.2, 0.25) is 0 Å². The summed E-state index contributed by atoms with van der Waals surface area (Å²) in [5.74, 6) is 0.0382. The third kappa shape index (κ3) is 2.97. The van der Waals surface area contributed by atoms with Gasteiger partial charge in [0, 0.05) is 12.4 Å². The van der Waals surface area contributed by atoms with Crippen molar-refractivity contribution >= 4 is 23.1 Å². The van der Waals surface area contributed by atoms with Crippen LogP contribution in [0.4, 0.5) is 24.7 Å². The zero-order valence-corrected chi connectivity index (χ0v) is 10.5. The smallest absolute Gasteiger partial charge is 0.337 e. The van der Waals surface area contributed by atoms with Crippen LogP contribution in [0.2, 0.25) is 5.02 Å². The molecule has 8 heteroatoms. The minimum atomic E-state index is -4.48. The number of hydrogen-bond donors (Lipinski definition) is 1. The minimum Gasteiger partial charge on any atom is -0.337 e. The number of aromatic nitrogens is 2. The van der Waals surface area contributed by atoms with E-state index in [0.29, 0.717) is 0 Å². The molecule has 0 aliphatic rings. The summed E-state index contributed by atoms with van der Waals surface area (Å²) in [6, 6.07) is 4.61. The Morgan fingerprint density at radius 3 is 2.55 bits per heavy atom.